The SMILES string of the molecule is CC(NCCc1cnc[nH]1)c1sccc1Br. The summed E-state index contributed by atoms with van der Waals surface area (Å²) in [5.74, 6) is 0. The molecule has 2 rings (SSSR count). The number of thiophene rings is 1. The van der Waals surface area contributed by atoms with Crippen molar-refractivity contribution in [2.45, 2.75) is 19.4 Å². The number of nitrogens with zero attached hydrogens (tertiary/aromatic N) is 1. The van der Waals surface area contributed by atoms with Crippen LogP contribution in [0.25, 0.3) is 0 Å². The van der Waals surface area contributed by atoms with E-state index in [-0.39, 0.29) is 0 Å². The quantitative estimate of drug-likeness (QED) is 0.890. The van der Waals surface area contributed by atoms with Crippen LogP contribution in [-0.4, -0.2) is 16.5 Å². The highest BCUT2D eigenvalue weighted by Crippen LogP contribution is 2.28. The zero-order valence-electron chi connectivity index (χ0n) is 9.03. The van der Waals surface area contributed by atoms with Gasteiger partial charge in [0.15, 0.2) is 0 Å². The predicted molar refractivity (Wildman–Crippen MR) is 70.7 cm³/mol. The fourth-order valence-electron chi connectivity index (χ4n) is 1.55. The average molecular weight is 300 g/mol. The maximum atomic E-state index is 4.00. The highest BCUT2D eigenvalue weighted by atomic mass is 79.9. The minimum absolute atomic E-state index is 0.386. The van der Waals surface area contributed by atoms with E-state index in [1.54, 1.807) is 17.7 Å². The van der Waals surface area contributed by atoms with Crippen LogP contribution < -0.4 is 5.32 Å². The summed E-state index contributed by atoms with van der Waals surface area (Å²) in [5, 5.41) is 5.60. The number of aromatic amines is 1. The molecule has 1 atom stereocenters. The molecule has 0 radical (unpaired) electrons. The third kappa shape index (κ3) is 2.93. The van der Waals surface area contributed by atoms with Gasteiger partial charge in [-0.3, -0.25) is 0 Å². The summed E-state index contributed by atoms with van der Waals surface area (Å²) >= 11 is 5.33. The molecule has 0 spiro atoms. The van der Waals surface area contributed by atoms with Gasteiger partial charge in [0.1, 0.15) is 0 Å². The molecule has 0 aromatic carbocycles. The third-order valence-corrected chi connectivity index (χ3v) is 4.49. The summed E-state index contributed by atoms with van der Waals surface area (Å²) in [6.45, 7) is 3.14. The smallest absolute Gasteiger partial charge is 0.0921 e. The van der Waals surface area contributed by atoms with Crippen molar-refractivity contribution in [2.75, 3.05) is 6.54 Å². The van der Waals surface area contributed by atoms with Crippen molar-refractivity contribution in [3.8, 4) is 0 Å². The molecule has 2 N–H and O–H groups in total. The molecule has 0 saturated carbocycles. The molecule has 86 valence electrons. The zero-order chi connectivity index (χ0) is 11.4. The molecule has 0 saturated heterocycles. The molecule has 0 bridgehead atoms. The molecular weight excluding hydrogens is 286 g/mol. The number of H-pyrrole nitrogens is 1. The number of hydrogen-bond donors (Lipinski definition) is 2. The molecule has 2 heterocycles. The number of aromatic nitrogens is 2. The van der Waals surface area contributed by atoms with Crippen molar-refractivity contribution in [2.24, 2.45) is 0 Å². The van der Waals surface area contributed by atoms with Gasteiger partial charge in [0.05, 0.1) is 6.33 Å². The van der Waals surface area contributed by atoms with E-state index < -0.39 is 0 Å². The standard InChI is InChI=1S/C11H14BrN3S/c1-8(11-10(12)3-5-16-11)14-4-2-9-6-13-7-15-9/h3,5-8,14H,2,4H2,1H3,(H,13,15). The first kappa shape index (κ1) is 11.8. The lowest BCUT2D eigenvalue weighted by Crippen LogP contribution is -2.20. The van der Waals surface area contributed by atoms with Crippen molar-refractivity contribution in [1.82, 2.24) is 15.3 Å². The Balaban J connectivity index is 1.80. The van der Waals surface area contributed by atoms with Crippen molar-refractivity contribution in [3.63, 3.8) is 0 Å². The summed E-state index contributed by atoms with van der Waals surface area (Å²) in [5.41, 5.74) is 1.17. The Hall–Kier alpha value is -0.650. The van der Waals surface area contributed by atoms with Gasteiger partial charge in [-0.05, 0) is 34.3 Å². The number of rotatable bonds is 5. The Morgan fingerprint density at radius 1 is 1.62 bits per heavy atom. The van der Waals surface area contributed by atoms with Crippen LogP contribution in [0.4, 0.5) is 0 Å². The first-order valence-electron chi connectivity index (χ1n) is 5.21. The van der Waals surface area contributed by atoms with Crippen molar-refractivity contribution >= 4 is 27.3 Å². The van der Waals surface area contributed by atoms with Crippen LogP contribution in [0.5, 0.6) is 0 Å². The van der Waals surface area contributed by atoms with E-state index >= 15 is 0 Å². The van der Waals surface area contributed by atoms with E-state index in [2.05, 4.69) is 49.6 Å². The van der Waals surface area contributed by atoms with Gasteiger partial charge >= 0.3 is 0 Å². The van der Waals surface area contributed by atoms with Crippen LogP contribution in [0.3, 0.4) is 0 Å². The maximum absolute atomic E-state index is 4.00. The maximum Gasteiger partial charge on any atom is 0.0921 e. The van der Waals surface area contributed by atoms with Crippen LogP contribution in [0, 0.1) is 0 Å². The van der Waals surface area contributed by atoms with E-state index in [1.807, 2.05) is 6.20 Å². The van der Waals surface area contributed by atoms with Crippen LogP contribution in [-0.2, 0) is 6.42 Å². The lowest BCUT2D eigenvalue weighted by atomic mass is 10.2. The Labute approximate surface area is 107 Å². The highest BCUT2D eigenvalue weighted by Gasteiger charge is 2.09. The lowest BCUT2D eigenvalue weighted by Gasteiger charge is -2.12. The predicted octanol–water partition coefficient (Wildman–Crippen LogP) is 3.13. The summed E-state index contributed by atoms with van der Waals surface area (Å²) in [6.07, 6.45) is 4.56. The van der Waals surface area contributed by atoms with Gasteiger partial charge < -0.3 is 10.3 Å². The monoisotopic (exact) mass is 299 g/mol. The minimum atomic E-state index is 0.386. The fraction of sp³-hybridized carbons (Fsp3) is 0.364. The van der Waals surface area contributed by atoms with Gasteiger partial charge in [0.25, 0.3) is 0 Å². The molecule has 5 heteroatoms. The highest BCUT2D eigenvalue weighted by molar-refractivity contribution is 9.10. The summed E-state index contributed by atoms with van der Waals surface area (Å²) in [7, 11) is 0. The Bertz CT molecular complexity index is 424. The summed E-state index contributed by atoms with van der Waals surface area (Å²) < 4.78 is 1.19. The van der Waals surface area contributed by atoms with Gasteiger partial charge in [-0.25, -0.2) is 4.98 Å². The second-order valence-corrected chi connectivity index (χ2v) is 5.44. The molecule has 0 fully saturated rings. The fourth-order valence-corrected chi connectivity index (χ4v) is 3.30. The Morgan fingerprint density at radius 3 is 3.12 bits per heavy atom. The van der Waals surface area contributed by atoms with Gasteiger partial charge in [-0.2, -0.15) is 0 Å². The Morgan fingerprint density at radius 2 is 2.50 bits per heavy atom. The van der Waals surface area contributed by atoms with Gasteiger partial charge in [0, 0.05) is 40.2 Å². The number of imidazole rings is 1. The Kier molecular flexibility index (Phi) is 4.15. The summed E-state index contributed by atoms with van der Waals surface area (Å²) in [6, 6.07) is 2.48. The largest absolute Gasteiger partial charge is 0.348 e. The lowest BCUT2D eigenvalue weighted by molar-refractivity contribution is 0.580. The third-order valence-electron chi connectivity index (χ3n) is 2.44. The van der Waals surface area contributed by atoms with Crippen LogP contribution in [0.2, 0.25) is 0 Å². The molecular formula is C11H14BrN3S. The molecule has 1 unspecified atom stereocenters. The first-order chi connectivity index (χ1) is 7.77. The number of halogens is 1. The number of hydrogen-bond acceptors (Lipinski definition) is 3. The average Bonchev–Trinajstić information content (AvgIpc) is 2.88. The van der Waals surface area contributed by atoms with Crippen molar-refractivity contribution < 1.29 is 0 Å². The molecule has 2 aromatic rings. The second kappa shape index (κ2) is 5.61. The van der Waals surface area contributed by atoms with E-state index in [4.69, 9.17) is 0 Å². The van der Waals surface area contributed by atoms with Crippen LogP contribution >= 0.6 is 27.3 Å². The zero-order valence-corrected chi connectivity index (χ0v) is 11.4. The van der Waals surface area contributed by atoms with E-state index in [0.717, 1.165) is 13.0 Å². The van der Waals surface area contributed by atoms with E-state index in [9.17, 15) is 0 Å². The van der Waals surface area contributed by atoms with Gasteiger partial charge in [-0.15, -0.1) is 11.3 Å². The topological polar surface area (TPSA) is 40.7 Å². The second-order valence-electron chi connectivity index (χ2n) is 3.64. The van der Waals surface area contributed by atoms with E-state index in [1.165, 1.54) is 15.0 Å². The molecule has 16 heavy (non-hydrogen) atoms. The van der Waals surface area contributed by atoms with Gasteiger partial charge in [-0.1, -0.05) is 0 Å². The minimum Gasteiger partial charge on any atom is -0.348 e. The molecule has 0 aliphatic rings. The van der Waals surface area contributed by atoms with Gasteiger partial charge in [0.2, 0.25) is 0 Å². The molecule has 2 aromatic heterocycles. The van der Waals surface area contributed by atoms with E-state index in [0.29, 0.717) is 6.04 Å². The summed E-state index contributed by atoms with van der Waals surface area (Å²) in [4.78, 5) is 8.45. The normalized spacial score (nSPS) is 12.9. The molecule has 3 nitrogen and oxygen atoms in total. The molecule has 0 aliphatic heterocycles. The van der Waals surface area contributed by atoms with Crippen molar-refractivity contribution in [1.29, 1.82) is 0 Å². The van der Waals surface area contributed by atoms with Crippen LogP contribution in [0.1, 0.15) is 23.5 Å². The first-order valence-corrected chi connectivity index (χ1v) is 6.88. The number of nitrogens with one attached hydrogen (secondary N) is 2. The molecule has 0 amide bonds. The van der Waals surface area contributed by atoms with Crippen LogP contribution in [0.15, 0.2) is 28.4 Å². The van der Waals surface area contributed by atoms with Crippen molar-refractivity contribution in [3.05, 3.63) is 39.0 Å². The molecule has 0 aliphatic carbocycles.